The van der Waals surface area contributed by atoms with Gasteiger partial charge in [0, 0.05) is 24.9 Å². The van der Waals surface area contributed by atoms with Gasteiger partial charge >= 0.3 is 6.09 Å². The van der Waals surface area contributed by atoms with E-state index in [2.05, 4.69) is 15.6 Å². The molecule has 1 fully saturated rings. The second-order valence-electron chi connectivity index (χ2n) is 9.38. The molecule has 1 aliphatic rings. The minimum absolute atomic E-state index is 0.0667. The third kappa shape index (κ3) is 6.84. The molecule has 3 rings (SSSR count). The lowest BCUT2D eigenvalue weighted by Crippen LogP contribution is -2.54. The van der Waals surface area contributed by atoms with Crippen molar-refractivity contribution in [1.82, 2.24) is 15.6 Å². The van der Waals surface area contributed by atoms with E-state index in [1.165, 1.54) is 5.56 Å². The van der Waals surface area contributed by atoms with Crippen LogP contribution in [0.15, 0.2) is 34.9 Å². The van der Waals surface area contributed by atoms with Crippen molar-refractivity contribution in [2.24, 2.45) is 0 Å². The van der Waals surface area contributed by atoms with Crippen LogP contribution in [0, 0.1) is 6.92 Å². The second-order valence-corrected chi connectivity index (χ2v) is 9.38. The number of carbonyl (C=O) groups excluding carboxylic acids is 2. The Morgan fingerprint density at radius 3 is 2.48 bits per heavy atom. The van der Waals surface area contributed by atoms with E-state index in [1.807, 2.05) is 52.0 Å². The van der Waals surface area contributed by atoms with Crippen molar-refractivity contribution >= 4 is 12.0 Å². The zero-order valence-electron chi connectivity index (χ0n) is 18.9. The largest absolute Gasteiger partial charge is 0.444 e. The first kappa shape index (κ1) is 22.8. The number of alkyl carbamates (subject to hydrolysis) is 1. The lowest BCUT2D eigenvalue weighted by Gasteiger charge is -2.31. The average molecular weight is 428 g/mol. The summed E-state index contributed by atoms with van der Waals surface area (Å²) in [4.78, 5) is 29.0. The number of hydrogen-bond donors (Lipinski definition) is 2. The first-order valence-electron chi connectivity index (χ1n) is 10.9. The molecule has 168 valence electrons. The van der Waals surface area contributed by atoms with E-state index >= 15 is 0 Å². The molecule has 7 nitrogen and oxygen atoms in total. The summed E-state index contributed by atoms with van der Waals surface area (Å²) < 4.78 is 11.1. The first-order chi connectivity index (χ1) is 14.6. The van der Waals surface area contributed by atoms with Gasteiger partial charge in [-0.1, -0.05) is 42.7 Å². The summed E-state index contributed by atoms with van der Waals surface area (Å²) in [5.74, 6) is 1.17. The molecule has 2 amide bonds. The minimum atomic E-state index is -0.552. The van der Waals surface area contributed by atoms with E-state index in [4.69, 9.17) is 9.15 Å². The number of hydrogen-bond acceptors (Lipinski definition) is 5. The summed E-state index contributed by atoms with van der Waals surface area (Å²) >= 11 is 0. The summed E-state index contributed by atoms with van der Waals surface area (Å²) in [6.45, 7) is 7.88. The van der Waals surface area contributed by atoms with Gasteiger partial charge in [-0.15, -0.1) is 0 Å². The summed E-state index contributed by atoms with van der Waals surface area (Å²) in [5.41, 5.74) is 1.18. The Balaban J connectivity index is 1.51. The third-order valence-corrected chi connectivity index (χ3v) is 5.39. The standard InChI is InChI=1S/C24H33N3O4/c1-17-7-9-18(10-8-17)19-15-25-21(30-19)12-11-20(28)27-24(13-5-6-14-24)16-26-22(29)31-23(2,3)4/h7-10,15H,5-6,11-14,16H2,1-4H3,(H,26,29)(H,27,28). The highest BCUT2D eigenvalue weighted by Crippen LogP contribution is 2.29. The predicted molar refractivity (Wildman–Crippen MR) is 119 cm³/mol. The number of aromatic nitrogens is 1. The highest BCUT2D eigenvalue weighted by molar-refractivity contribution is 5.77. The van der Waals surface area contributed by atoms with Crippen LogP contribution in [0.25, 0.3) is 11.3 Å². The van der Waals surface area contributed by atoms with Crippen molar-refractivity contribution in [3.63, 3.8) is 0 Å². The quantitative estimate of drug-likeness (QED) is 0.677. The highest BCUT2D eigenvalue weighted by Gasteiger charge is 2.36. The smallest absolute Gasteiger partial charge is 0.407 e. The van der Waals surface area contributed by atoms with Gasteiger partial charge in [0.2, 0.25) is 5.91 Å². The van der Waals surface area contributed by atoms with E-state index in [0.29, 0.717) is 24.6 Å². The molecule has 0 spiro atoms. The lowest BCUT2D eigenvalue weighted by atomic mass is 9.97. The molecule has 2 aromatic rings. The van der Waals surface area contributed by atoms with Gasteiger partial charge in [-0.2, -0.15) is 0 Å². The molecule has 0 unspecified atom stereocenters. The summed E-state index contributed by atoms with van der Waals surface area (Å²) in [6.07, 6.45) is 5.66. The number of benzene rings is 1. The van der Waals surface area contributed by atoms with Gasteiger partial charge in [-0.25, -0.2) is 9.78 Å². The molecular formula is C24H33N3O4. The molecule has 2 N–H and O–H groups in total. The minimum Gasteiger partial charge on any atom is -0.444 e. The molecule has 1 saturated carbocycles. The normalized spacial score (nSPS) is 15.5. The van der Waals surface area contributed by atoms with Crippen LogP contribution in [-0.4, -0.2) is 34.7 Å². The molecule has 1 aromatic heterocycles. The molecule has 0 saturated heterocycles. The van der Waals surface area contributed by atoms with Crippen molar-refractivity contribution < 1.29 is 18.7 Å². The Morgan fingerprint density at radius 1 is 1.16 bits per heavy atom. The summed E-state index contributed by atoms with van der Waals surface area (Å²) in [7, 11) is 0. The van der Waals surface area contributed by atoms with Gasteiger partial charge in [-0.05, 0) is 40.5 Å². The number of ether oxygens (including phenoxy) is 1. The van der Waals surface area contributed by atoms with Crippen LogP contribution >= 0.6 is 0 Å². The first-order valence-corrected chi connectivity index (χ1v) is 10.9. The van der Waals surface area contributed by atoms with Crippen molar-refractivity contribution in [1.29, 1.82) is 0 Å². The monoisotopic (exact) mass is 427 g/mol. The average Bonchev–Trinajstić information content (AvgIpc) is 3.34. The van der Waals surface area contributed by atoms with Crippen LogP contribution in [0.3, 0.4) is 0 Å². The van der Waals surface area contributed by atoms with Gasteiger partial charge < -0.3 is 19.8 Å². The summed E-state index contributed by atoms with van der Waals surface area (Å²) in [6, 6.07) is 8.04. The van der Waals surface area contributed by atoms with Crippen molar-refractivity contribution in [2.75, 3.05) is 6.54 Å². The maximum absolute atomic E-state index is 12.6. The highest BCUT2D eigenvalue weighted by atomic mass is 16.6. The van der Waals surface area contributed by atoms with E-state index in [9.17, 15) is 9.59 Å². The van der Waals surface area contributed by atoms with Gasteiger partial charge in [0.15, 0.2) is 11.7 Å². The van der Waals surface area contributed by atoms with Gasteiger partial charge in [0.1, 0.15) is 5.60 Å². The molecule has 0 atom stereocenters. The van der Waals surface area contributed by atoms with Gasteiger partial charge in [0.05, 0.1) is 11.7 Å². The molecule has 0 radical (unpaired) electrons. The van der Waals surface area contributed by atoms with Crippen molar-refractivity contribution in [3.05, 3.63) is 41.9 Å². The fourth-order valence-electron chi connectivity index (χ4n) is 3.81. The Labute approximate surface area is 184 Å². The van der Waals surface area contributed by atoms with Crippen LogP contribution in [0.2, 0.25) is 0 Å². The topological polar surface area (TPSA) is 93.5 Å². The van der Waals surface area contributed by atoms with Crippen molar-refractivity contribution in [2.45, 2.75) is 77.4 Å². The Hall–Kier alpha value is -2.83. The summed E-state index contributed by atoms with van der Waals surface area (Å²) in [5, 5.41) is 5.97. The van der Waals surface area contributed by atoms with E-state index in [-0.39, 0.29) is 12.3 Å². The van der Waals surface area contributed by atoms with Crippen molar-refractivity contribution in [3.8, 4) is 11.3 Å². The number of rotatable bonds is 7. The molecule has 1 aliphatic carbocycles. The molecular weight excluding hydrogens is 394 g/mol. The van der Waals surface area contributed by atoms with Crippen LogP contribution in [0.1, 0.15) is 64.3 Å². The molecule has 7 heteroatoms. The van der Waals surface area contributed by atoms with Crippen LogP contribution in [-0.2, 0) is 16.0 Å². The lowest BCUT2D eigenvalue weighted by molar-refractivity contribution is -0.123. The fourth-order valence-corrected chi connectivity index (χ4v) is 3.81. The van der Waals surface area contributed by atoms with Gasteiger partial charge in [0.25, 0.3) is 0 Å². The van der Waals surface area contributed by atoms with E-state index in [0.717, 1.165) is 31.2 Å². The zero-order chi connectivity index (χ0) is 22.5. The second kappa shape index (κ2) is 9.54. The third-order valence-electron chi connectivity index (χ3n) is 5.39. The Kier molecular flexibility index (Phi) is 7.03. The number of amides is 2. The maximum Gasteiger partial charge on any atom is 0.407 e. The molecule has 0 aliphatic heterocycles. The SMILES string of the molecule is Cc1ccc(-c2cnc(CCC(=O)NC3(CNC(=O)OC(C)(C)C)CCCC3)o2)cc1. The zero-order valence-corrected chi connectivity index (χ0v) is 18.9. The van der Waals surface area contributed by atoms with Crippen LogP contribution in [0.5, 0.6) is 0 Å². The van der Waals surface area contributed by atoms with Crippen LogP contribution < -0.4 is 10.6 Å². The molecule has 0 bridgehead atoms. The molecule has 1 heterocycles. The number of carbonyl (C=O) groups is 2. The number of nitrogens with zero attached hydrogens (tertiary/aromatic N) is 1. The van der Waals surface area contributed by atoms with Gasteiger partial charge in [-0.3, -0.25) is 4.79 Å². The number of aryl methyl sites for hydroxylation is 2. The Bertz CT molecular complexity index is 890. The molecule has 1 aromatic carbocycles. The van der Waals surface area contributed by atoms with E-state index in [1.54, 1.807) is 6.20 Å². The Morgan fingerprint density at radius 2 is 1.84 bits per heavy atom. The maximum atomic E-state index is 12.6. The number of oxazole rings is 1. The molecule has 31 heavy (non-hydrogen) atoms. The fraction of sp³-hybridized carbons (Fsp3) is 0.542. The van der Waals surface area contributed by atoms with E-state index < -0.39 is 17.2 Å². The van der Waals surface area contributed by atoms with Crippen LogP contribution in [0.4, 0.5) is 4.79 Å². The number of nitrogens with one attached hydrogen (secondary N) is 2. The predicted octanol–water partition coefficient (Wildman–Crippen LogP) is 4.54.